The number of hydrogen-bond donors (Lipinski definition) is 2. The molecule has 3 rings (SSSR count). The van der Waals surface area contributed by atoms with E-state index in [1.54, 1.807) is 66.7 Å². The summed E-state index contributed by atoms with van der Waals surface area (Å²) in [7, 11) is 2.89. The molecule has 9 heteroatoms. The molecule has 0 unspecified atom stereocenters. The summed E-state index contributed by atoms with van der Waals surface area (Å²) in [6.07, 6.45) is 1.32. The fourth-order valence-electron chi connectivity index (χ4n) is 2.73. The SMILES string of the molecule is COc1ccccc1NC(=O)C(=O)NN=Cc1ccc(OC(=O)c2ccccc2)c(OC)c1. The molecule has 0 heterocycles. The van der Waals surface area contributed by atoms with Crippen LogP contribution in [0.15, 0.2) is 77.9 Å². The number of hydrazone groups is 1. The van der Waals surface area contributed by atoms with E-state index < -0.39 is 17.8 Å². The molecular weight excluding hydrogens is 426 g/mol. The lowest BCUT2D eigenvalue weighted by atomic mass is 10.2. The number of nitrogens with one attached hydrogen (secondary N) is 2. The molecule has 168 valence electrons. The molecule has 0 aromatic heterocycles. The zero-order valence-electron chi connectivity index (χ0n) is 17.9. The second-order valence-corrected chi connectivity index (χ2v) is 6.52. The van der Waals surface area contributed by atoms with Crippen LogP contribution in [0.2, 0.25) is 0 Å². The van der Waals surface area contributed by atoms with Crippen LogP contribution in [0.4, 0.5) is 5.69 Å². The first-order valence-corrected chi connectivity index (χ1v) is 9.74. The van der Waals surface area contributed by atoms with Crippen LogP contribution in [0.3, 0.4) is 0 Å². The van der Waals surface area contributed by atoms with Gasteiger partial charge in [-0.25, -0.2) is 10.2 Å². The average Bonchev–Trinajstić information content (AvgIpc) is 2.85. The van der Waals surface area contributed by atoms with Crippen molar-refractivity contribution in [2.24, 2.45) is 5.10 Å². The Balaban J connectivity index is 1.61. The molecule has 2 N–H and O–H groups in total. The maximum Gasteiger partial charge on any atom is 0.343 e. The quantitative estimate of drug-likeness (QED) is 0.189. The number of para-hydroxylation sites is 2. The monoisotopic (exact) mass is 447 g/mol. The number of carbonyl (C=O) groups excluding carboxylic acids is 3. The van der Waals surface area contributed by atoms with Gasteiger partial charge < -0.3 is 19.5 Å². The second-order valence-electron chi connectivity index (χ2n) is 6.52. The molecule has 0 saturated carbocycles. The van der Waals surface area contributed by atoms with E-state index >= 15 is 0 Å². The Labute approximate surface area is 190 Å². The summed E-state index contributed by atoms with van der Waals surface area (Å²) >= 11 is 0. The van der Waals surface area contributed by atoms with Crippen molar-refractivity contribution in [2.45, 2.75) is 0 Å². The number of methoxy groups -OCH3 is 2. The van der Waals surface area contributed by atoms with E-state index in [0.717, 1.165) is 0 Å². The molecule has 3 aromatic rings. The Morgan fingerprint density at radius 2 is 1.48 bits per heavy atom. The van der Waals surface area contributed by atoms with Crippen LogP contribution in [0, 0.1) is 0 Å². The van der Waals surface area contributed by atoms with Gasteiger partial charge in [0, 0.05) is 0 Å². The number of rotatable bonds is 7. The lowest BCUT2D eigenvalue weighted by Crippen LogP contribution is -2.32. The number of nitrogens with zero attached hydrogens (tertiary/aromatic N) is 1. The third kappa shape index (κ3) is 6.17. The number of ether oxygens (including phenoxy) is 3. The molecule has 0 fully saturated rings. The van der Waals surface area contributed by atoms with E-state index in [0.29, 0.717) is 28.3 Å². The topological polar surface area (TPSA) is 115 Å². The van der Waals surface area contributed by atoms with Crippen molar-refractivity contribution < 1.29 is 28.6 Å². The van der Waals surface area contributed by atoms with Crippen LogP contribution in [0.1, 0.15) is 15.9 Å². The van der Waals surface area contributed by atoms with Crippen molar-refractivity contribution in [2.75, 3.05) is 19.5 Å². The van der Waals surface area contributed by atoms with Gasteiger partial charge >= 0.3 is 17.8 Å². The standard InChI is InChI=1S/C24H21N3O6/c1-31-19-11-7-6-10-18(19)26-22(28)23(29)27-25-15-16-12-13-20(21(14-16)32-2)33-24(30)17-8-4-3-5-9-17/h3-15H,1-2H3,(H,26,28)(H,27,29). The van der Waals surface area contributed by atoms with Crippen molar-refractivity contribution in [1.82, 2.24) is 5.43 Å². The molecule has 0 saturated heterocycles. The van der Waals surface area contributed by atoms with Crippen molar-refractivity contribution >= 4 is 29.7 Å². The molecule has 0 bridgehead atoms. The van der Waals surface area contributed by atoms with Crippen LogP contribution >= 0.6 is 0 Å². The van der Waals surface area contributed by atoms with Gasteiger partial charge in [-0.05, 0) is 48.0 Å². The summed E-state index contributed by atoms with van der Waals surface area (Å²) in [5.41, 5.74) is 3.44. The lowest BCUT2D eigenvalue weighted by Gasteiger charge is -2.10. The van der Waals surface area contributed by atoms with Crippen molar-refractivity contribution in [3.63, 3.8) is 0 Å². The number of amides is 2. The van der Waals surface area contributed by atoms with Crippen molar-refractivity contribution in [1.29, 1.82) is 0 Å². The number of benzene rings is 3. The molecule has 3 aromatic carbocycles. The zero-order valence-corrected chi connectivity index (χ0v) is 17.9. The van der Waals surface area contributed by atoms with Crippen LogP contribution in [0.5, 0.6) is 17.2 Å². The summed E-state index contributed by atoms with van der Waals surface area (Å²) in [4.78, 5) is 36.3. The fraction of sp³-hybridized carbons (Fsp3) is 0.0833. The highest BCUT2D eigenvalue weighted by atomic mass is 16.6. The molecule has 0 radical (unpaired) electrons. The highest BCUT2D eigenvalue weighted by Crippen LogP contribution is 2.28. The Morgan fingerprint density at radius 1 is 0.788 bits per heavy atom. The Bertz CT molecular complexity index is 1180. The number of hydrogen-bond acceptors (Lipinski definition) is 7. The lowest BCUT2D eigenvalue weighted by molar-refractivity contribution is -0.136. The van der Waals surface area contributed by atoms with Gasteiger partial charge in [0.25, 0.3) is 0 Å². The molecule has 0 aliphatic carbocycles. The highest BCUT2D eigenvalue weighted by Gasteiger charge is 2.15. The minimum atomic E-state index is -0.961. The minimum absolute atomic E-state index is 0.226. The van der Waals surface area contributed by atoms with Gasteiger partial charge in [0.2, 0.25) is 0 Å². The van der Waals surface area contributed by atoms with E-state index in [4.69, 9.17) is 14.2 Å². The number of esters is 1. The Hall–Kier alpha value is -4.66. The first-order valence-electron chi connectivity index (χ1n) is 9.74. The fourth-order valence-corrected chi connectivity index (χ4v) is 2.73. The largest absolute Gasteiger partial charge is 0.495 e. The number of anilines is 1. The summed E-state index contributed by atoms with van der Waals surface area (Å²) in [5.74, 6) is -1.45. The molecule has 0 aliphatic heterocycles. The normalized spacial score (nSPS) is 10.4. The molecule has 0 spiro atoms. The third-order valence-electron chi connectivity index (χ3n) is 4.34. The van der Waals surface area contributed by atoms with E-state index in [9.17, 15) is 14.4 Å². The Morgan fingerprint density at radius 3 is 2.21 bits per heavy atom. The Kier molecular flexibility index (Phi) is 7.74. The van der Waals surface area contributed by atoms with E-state index in [1.165, 1.54) is 26.5 Å². The van der Waals surface area contributed by atoms with Crippen LogP contribution in [0.25, 0.3) is 0 Å². The predicted octanol–water partition coefficient (Wildman–Crippen LogP) is 3.01. The average molecular weight is 447 g/mol. The van der Waals surface area contributed by atoms with Crippen LogP contribution in [-0.4, -0.2) is 38.2 Å². The molecule has 0 aliphatic rings. The summed E-state index contributed by atoms with van der Waals surface area (Å²) in [6, 6.07) is 20.0. The van der Waals surface area contributed by atoms with E-state index in [1.807, 2.05) is 0 Å². The smallest absolute Gasteiger partial charge is 0.343 e. The summed E-state index contributed by atoms with van der Waals surface area (Å²) in [6.45, 7) is 0. The van der Waals surface area contributed by atoms with Gasteiger partial charge in [0.15, 0.2) is 11.5 Å². The third-order valence-corrected chi connectivity index (χ3v) is 4.34. The van der Waals surface area contributed by atoms with Gasteiger partial charge in [-0.15, -0.1) is 0 Å². The highest BCUT2D eigenvalue weighted by molar-refractivity contribution is 6.39. The number of carbonyl (C=O) groups is 3. The first-order chi connectivity index (χ1) is 16.0. The first kappa shape index (κ1) is 23.0. The van der Waals surface area contributed by atoms with Gasteiger partial charge in [-0.3, -0.25) is 9.59 Å². The molecule has 9 nitrogen and oxygen atoms in total. The maximum atomic E-state index is 12.3. The van der Waals surface area contributed by atoms with Gasteiger partial charge in [-0.2, -0.15) is 5.10 Å². The van der Waals surface area contributed by atoms with Crippen molar-refractivity contribution in [3.05, 3.63) is 83.9 Å². The van der Waals surface area contributed by atoms with Gasteiger partial charge in [0.05, 0.1) is 31.7 Å². The van der Waals surface area contributed by atoms with Gasteiger partial charge in [-0.1, -0.05) is 30.3 Å². The zero-order chi connectivity index (χ0) is 23.6. The summed E-state index contributed by atoms with van der Waals surface area (Å²) < 4.78 is 15.8. The molecule has 0 atom stereocenters. The minimum Gasteiger partial charge on any atom is -0.495 e. The van der Waals surface area contributed by atoms with Gasteiger partial charge in [0.1, 0.15) is 5.75 Å². The summed E-state index contributed by atoms with van der Waals surface area (Å²) in [5, 5.41) is 6.23. The van der Waals surface area contributed by atoms with Crippen LogP contribution < -0.4 is 25.0 Å². The van der Waals surface area contributed by atoms with Crippen LogP contribution in [-0.2, 0) is 9.59 Å². The predicted molar refractivity (Wildman–Crippen MR) is 122 cm³/mol. The maximum absolute atomic E-state index is 12.3. The molecular formula is C24H21N3O6. The molecule has 33 heavy (non-hydrogen) atoms. The van der Waals surface area contributed by atoms with E-state index in [2.05, 4.69) is 15.8 Å². The second kappa shape index (κ2) is 11.1. The van der Waals surface area contributed by atoms with Crippen molar-refractivity contribution in [3.8, 4) is 17.2 Å². The van der Waals surface area contributed by atoms with E-state index in [-0.39, 0.29) is 5.75 Å². The molecule has 2 amide bonds.